The van der Waals surface area contributed by atoms with Crippen LogP contribution >= 0.6 is 11.8 Å². The van der Waals surface area contributed by atoms with Gasteiger partial charge in [-0.05, 0) is 62.6 Å². The van der Waals surface area contributed by atoms with Crippen molar-refractivity contribution in [3.05, 3.63) is 30.1 Å². The fourth-order valence-electron chi connectivity index (χ4n) is 2.48. The molecule has 1 heterocycles. The molecule has 1 aromatic rings. The summed E-state index contributed by atoms with van der Waals surface area (Å²) >= 11 is 1.60. The van der Waals surface area contributed by atoms with E-state index in [2.05, 4.69) is 41.3 Å². The standard InChI is InChI=1S/C11H23N3O3S.C10H16N/c1-18-7-5-8(13)10(15)14-9(11(16)17)4-2-3-6-12;1-3-4-5-10-6-8-11(2)9-7-10/h8-9H,2-7,12-13H2,1H3,(H,14,15)(H,16,17);6-9H,3-5H2,1-2H3/q;+1/t8-,9-;/m0./s1. The van der Waals surface area contributed by atoms with Gasteiger partial charge in [-0.15, -0.1) is 0 Å². The van der Waals surface area contributed by atoms with Crippen LogP contribution in [0.1, 0.15) is 51.0 Å². The zero-order chi connectivity index (χ0) is 22.1. The van der Waals surface area contributed by atoms with Gasteiger partial charge in [0, 0.05) is 12.1 Å². The molecule has 0 aliphatic heterocycles. The van der Waals surface area contributed by atoms with Gasteiger partial charge in [0.05, 0.1) is 6.04 Å². The lowest BCUT2D eigenvalue weighted by atomic mass is 10.1. The summed E-state index contributed by atoms with van der Waals surface area (Å²) in [6.45, 7) is 2.75. The summed E-state index contributed by atoms with van der Waals surface area (Å²) in [6.07, 6.45) is 12.3. The van der Waals surface area contributed by atoms with Crippen molar-refractivity contribution in [3.63, 3.8) is 0 Å². The van der Waals surface area contributed by atoms with Crippen molar-refractivity contribution in [2.75, 3.05) is 18.6 Å². The van der Waals surface area contributed by atoms with Gasteiger partial charge < -0.3 is 21.9 Å². The number of carboxylic acid groups (broad SMARTS) is 1. The molecule has 0 radical (unpaired) electrons. The molecular formula is C21H39N4O3S+. The van der Waals surface area contributed by atoms with Crippen LogP contribution in [0.5, 0.6) is 0 Å². The molecule has 0 aliphatic rings. The van der Waals surface area contributed by atoms with E-state index in [1.165, 1.54) is 24.8 Å². The molecule has 8 heteroatoms. The predicted molar refractivity (Wildman–Crippen MR) is 120 cm³/mol. The number of carbonyl (C=O) groups is 2. The van der Waals surface area contributed by atoms with Crippen molar-refractivity contribution in [2.45, 2.75) is 64.0 Å². The summed E-state index contributed by atoms with van der Waals surface area (Å²) in [5.74, 6) is -0.652. The summed E-state index contributed by atoms with van der Waals surface area (Å²) in [6, 6.07) is 2.86. The van der Waals surface area contributed by atoms with Crippen molar-refractivity contribution in [1.82, 2.24) is 5.32 Å². The second-order valence-electron chi connectivity index (χ2n) is 7.05. The number of carboxylic acids is 1. The van der Waals surface area contributed by atoms with Gasteiger partial charge >= 0.3 is 5.97 Å². The molecular weight excluding hydrogens is 388 g/mol. The normalized spacial score (nSPS) is 12.4. The maximum atomic E-state index is 11.7. The predicted octanol–water partition coefficient (Wildman–Crippen LogP) is 1.62. The van der Waals surface area contributed by atoms with Crippen molar-refractivity contribution in [3.8, 4) is 0 Å². The summed E-state index contributed by atoms with van der Waals surface area (Å²) < 4.78 is 2.06. The topological polar surface area (TPSA) is 122 Å². The number of aromatic nitrogens is 1. The Hall–Kier alpha value is -1.64. The van der Waals surface area contributed by atoms with Gasteiger partial charge in [0.15, 0.2) is 12.4 Å². The highest BCUT2D eigenvalue weighted by Gasteiger charge is 2.22. The second-order valence-corrected chi connectivity index (χ2v) is 8.03. The fourth-order valence-corrected chi connectivity index (χ4v) is 2.97. The Morgan fingerprint density at radius 2 is 1.86 bits per heavy atom. The number of nitrogens with zero attached hydrogens (tertiary/aromatic N) is 1. The van der Waals surface area contributed by atoms with Crippen LogP contribution in [-0.2, 0) is 23.1 Å². The third-order valence-corrected chi connectivity index (χ3v) is 5.04. The summed E-state index contributed by atoms with van der Waals surface area (Å²) in [5, 5.41) is 11.5. The van der Waals surface area contributed by atoms with E-state index in [9.17, 15) is 9.59 Å². The Balaban J connectivity index is 0.000000604. The number of nitrogens with one attached hydrogen (secondary N) is 1. The highest BCUT2D eigenvalue weighted by atomic mass is 32.2. The molecule has 166 valence electrons. The van der Waals surface area contributed by atoms with E-state index in [0.717, 1.165) is 12.2 Å². The third-order valence-electron chi connectivity index (χ3n) is 4.40. The van der Waals surface area contributed by atoms with Gasteiger partial charge in [-0.1, -0.05) is 13.3 Å². The van der Waals surface area contributed by atoms with E-state index in [1.54, 1.807) is 11.8 Å². The first-order chi connectivity index (χ1) is 13.8. The van der Waals surface area contributed by atoms with Crippen LogP contribution in [0, 0.1) is 0 Å². The second kappa shape index (κ2) is 17.2. The molecule has 0 aromatic carbocycles. The first kappa shape index (κ1) is 27.4. The van der Waals surface area contributed by atoms with Crippen LogP contribution in [0.15, 0.2) is 24.5 Å². The maximum Gasteiger partial charge on any atom is 0.326 e. The number of unbranched alkanes of at least 4 members (excludes halogenated alkanes) is 2. The summed E-state index contributed by atoms with van der Waals surface area (Å²) in [4.78, 5) is 22.6. The summed E-state index contributed by atoms with van der Waals surface area (Å²) in [7, 11) is 2.05. The molecule has 29 heavy (non-hydrogen) atoms. The Bertz CT molecular complexity index is 570. The number of thioether (sulfide) groups is 1. The number of rotatable bonds is 13. The van der Waals surface area contributed by atoms with Crippen LogP contribution in [0.4, 0.5) is 0 Å². The molecule has 1 amide bonds. The molecule has 7 nitrogen and oxygen atoms in total. The zero-order valence-electron chi connectivity index (χ0n) is 18.1. The third kappa shape index (κ3) is 14.1. The molecule has 1 aromatic heterocycles. The van der Waals surface area contributed by atoms with E-state index in [-0.39, 0.29) is 0 Å². The lowest BCUT2D eigenvalue weighted by molar-refractivity contribution is -0.671. The van der Waals surface area contributed by atoms with Gasteiger partial charge in [0.1, 0.15) is 13.1 Å². The molecule has 0 unspecified atom stereocenters. The Morgan fingerprint density at radius 3 is 2.38 bits per heavy atom. The molecule has 0 saturated heterocycles. The molecule has 0 spiro atoms. The van der Waals surface area contributed by atoms with Crippen molar-refractivity contribution >= 4 is 23.6 Å². The maximum absolute atomic E-state index is 11.7. The smallest absolute Gasteiger partial charge is 0.326 e. The number of amides is 1. The Labute approximate surface area is 179 Å². The SMILES string of the molecule is CCCCc1cc[n+](C)cc1.CSCC[C@H](N)C(=O)N[C@@H](CCCCN)C(=O)O. The van der Waals surface area contributed by atoms with Gasteiger partial charge in [-0.2, -0.15) is 11.8 Å². The van der Waals surface area contributed by atoms with Gasteiger partial charge in [0.2, 0.25) is 5.91 Å². The highest BCUT2D eigenvalue weighted by Crippen LogP contribution is 2.03. The minimum atomic E-state index is -1.03. The number of hydrogen-bond acceptors (Lipinski definition) is 5. The molecule has 0 aliphatic carbocycles. The Kier molecular flexibility index (Phi) is 16.3. The molecule has 0 saturated carbocycles. The van der Waals surface area contributed by atoms with Crippen molar-refractivity contribution < 1.29 is 19.3 Å². The van der Waals surface area contributed by atoms with Gasteiger partial charge in [0.25, 0.3) is 0 Å². The average Bonchev–Trinajstić information content (AvgIpc) is 2.71. The quantitative estimate of drug-likeness (QED) is 0.280. The van der Waals surface area contributed by atoms with Crippen LogP contribution in [0.3, 0.4) is 0 Å². The monoisotopic (exact) mass is 427 g/mol. The van der Waals surface area contributed by atoms with Crippen molar-refractivity contribution in [1.29, 1.82) is 0 Å². The number of aliphatic carboxylic acids is 1. The van der Waals surface area contributed by atoms with Crippen LogP contribution in [0.2, 0.25) is 0 Å². The minimum Gasteiger partial charge on any atom is -0.480 e. The van der Waals surface area contributed by atoms with Gasteiger partial charge in [-0.25, -0.2) is 9.36 Å². The number of pyridine rings is 1. The van der Waals surface area contributed by atoms with Crippen LogP contribution in [-0.4, -0.2) is 47.6 Å². The van der Waals surface area contributed by atoms with E-state index < -0.39 is 24.0 Å². The fraction of sp³-hybridized carbons (Fsp3) is 0.667. The van der Waals surface area contributed by atoms with Crippen LogP contribution < -0.4 is 21.4 Å². The highest BCUT2D eigenvalue weighted by molar-refractivity contribution is 7.98. The lowest BCUT2D eigenvalue weighted by Gasteiger charge is -2.17. The zero-order valence-corrected chi connectivity index (χ0v) is 18.9. The molecule has 0 bridgehead atoms. The lowest BCUT2D eigenvalue weighted by Crippen LogP contribution is -2.48. The van der Waals surface area contributed by atoms with Gasteiger partial charge in [-0.3, -0.25) is 4.79 Å². The molecule has 1 rings (SSSR count). The van der Waals surface area contributed by atoms with E-state index in [4.69, 9.17) is 16.6 Å². The van der Waals surface area contributed by atoms with E-state index >= 15 is 0 Å². The first-order valence-electron chi connectivity index (χ1n) is 10.3. The first-order valence-corrected chi connectivity index (χ1v) is 11.7. The molecule has 0 fully saturated rings. The van der Waals surface area contributed by atoms with E-state index in [0.29, 0.717) is 25.8 Å². The Morgan fingerprint density at radius 1 is 1.21 bits per heavy atom. The molecule has 6 N–H and O–H groups in total. The van der Waals surface area contributed by atoms with E-state index in [1.807, 2.05) is 13.3 Å². The number of hydrogen-bond donors (Lipinski definition) is 4. The van der Waals surface area contributed by atoms with Crippen LogP contribution in [0.25, 0.3) is 0 Å². The number of nitrogens with two attached hydrogens (primary N) is 2. The average molecular weight is 428 g/mol. The van der Waals surface area contributed by atoms with Crippen molar-refractivity contribution in [2.24, 2.45) is 18.5 Å². The minimum absolute atomic E-state index is 0.382. The molecule has 2 atom stereocenters. The largest absolute Gasteiger partial charge is 0.480 e. The summed E-state index contributed by atoms with van der Waals surface area (Å²) in [5.41, 5.74) is 12.5. The number of aryl methyl sites for hydroxylation is 2. The number of carbonyl (C=O) groups excluding carboxylic acids is 1.